The van der Waals surface area contributed by atoms with Gasteiger partial charge in [-0.3, -0.25) is 0 Å². The van der Waals surface area contributed by atoms with Crippen LogP contribution >= 0.6 is 15.9 Å². The zero-order valence-electron chi connectivity index (χ0n) is 8.09. The van der Waals surface area contributed by atoms with Crippen molar-refractivity contribution in [3.8, 4) is 5.75 Å². The predicted octanol–water partition coefficient (Wildman–Crippen LogP) is 3.93. The summed E-state index contributed by atoms with van der Waals surface area (Å²) in [7, 11) is 0. The minimum Gasteiger partial charge on any atom is -0.505 e. The molecule has 0 unspecified atom stereocenters. The summed E-state index contributed by atoms with van der Waals surface area (Å²) in [4.78, 5) is 3.07. The Morgan fingerprint density at radius 2 is 1.94 bits per heavy atom. The number of aromatic nitrogens is 1. The third-order valence-corrected chi connectivity index (χ3v) is 3.30. The van der Waals surface area contributed by atoms with E-state index in [1.165, 1.54) is 12.1 Å². The summed E-state index contributed by atoms with van der Waals surface area (Å²) in [5.74, 6) is -0.134. The first-order chi connectivity index (χ1) is 7.66. The maximum atomic E-state index is 13.1. The van der Waals surface area contributed by atoms with Crippen molar-refractivity contribution in [2.45, 2.75) is 0 Å². The van der Waals surface area contributed by atoms with Crippen molar-refractivity contribution >= 4 is 37.7 Å². The van der Waals surface area contributed by atoms with Crippen LogP contribution in [-0.2, 0) is 0 Å². The largest absolute Gasteiger partial charge is 0.505 e. The van der Waals surface area contributed by atoms with Gasteiger partial charge in [0, 0.05) is 16.3 Å². The first-order valence-corrected chi connectivity index (χ1v) is 5.54. The second kappa shape index (κ2) is 3.22. The Balaban J connectivity index is 2.56. The molecule has 1 heterocycles. The standard InChI is InChI=1S/C12H7BrFNO/c13-9-3-2-7-8-5-6(14)1-4-10(8)15-11(7)12(9)16/h1-5,15-16H. The zero-order chi connectivity index (χ0) is 11.3. The van der Waals surface area contributed by atoms with Crippen LogP contribution in [0.5, 0.6) is 5.75 Å². The van der Waals surface area contributed by atoms with Gasteiger partial charge in [0.2, 0.25) is 0 Å². The lowest BCUT2D eigenvalue weighted by Crippen LogP contribution is -1.72. The molecule has 3 rings (SSSR count). The van der Waals surface area contributed by atoms with E-state index in [9.17, 15) is 9.50 Å². The van der Waals surface area contributed by atoms with Gasteiger partial charge in [-0.2, -0.15) is 0 Å². The molecule has 0 saturated heterocycles. The number of hydrogen-bond acceptors (Lipinski definition) is 1. The minimum absolute atomic E-state index is 0.147. The molecule has 0 aliphatic rings. The van der Waals surface area contributed by atoms with Gasteiger partial charge in [-0.1, -0.05) is 6.07 Å². The van der Waals surface area contributed by atoms with Crippen LogP contribution in [-0.4, -0.2) is 10.1 Å². The van der Waals surface area contributed by atoms with Gasteiger partial charge in [0.1, 0.15) is 5.82 Å². The Kier molecular flexibility index (Phi) is 1.94. The molecule has 0 amide bonds. The Morgan fingerprint density at radius 1 is 1.12 bits per heavy atom. The van der Waals surface area contributed by atoms with Gasteiger partial charge in [-0.15, -0.1) is 0 Å². The summed E-state index contributed by atoms with van der Waals surface area (Å²) in [5.41, 5.74) is 1.43. The van der Waals surface area contributed by atoms with Crippen molar-refractivity contribution in [3.63, 3.8) is 0 Å². The van der Waals surface area contributed by atoms with Crippen LogP contribution in [0, 0.1) is 5.82 Å². The van der Waals surface area contributed by atoms with E-state index in [2.05, 4.69) is 20.9 Å². The average Bonchev–Trinajstić information content (AvgIpc) is 2.62. The van der Waals surface area contributed by atoms with Crippen molar-refractivity contribution in [3.05, 3.63) is 40.6 Å². The summed E-state index contributed by atoms with van der Waals surface area (Å²) in [6.07, 6.45) is 0. The van der Waals surface area contributed by atoms with Crippen molar-refractivity contribution < 1.29 is 9.50 Å². The van der Waals surface area contributed by atoms with Crippen molar-refractivity contribution in [2.75, 3.05) is 0 Å². The summed E-state index contributed by atoms with van der Waals surface area (Å²) in [6.45, 7) is 0. The fourth-order valence-corrected chi connectivity index (χ4v) is 2.23. The Bertz CT molecular complexity index is 705. The molecule has 0 radical (unpaired) electrons. The second-order valence-electron chi connectivity index (χ2n) is 3.63. The van der Waals surface area contributed by atoms with Gasteiger partial charge in [0.15, 0.2) is 5.75 Å². The summed E-state index contributed by atoms with van der Waals surface area (Å²) in [5, 5.41) is 11.4. The Hall–Kier alpha value is -1.55. The van der Waals surface area contributed by atoms with E-state index in [-0.39, 0.29) is 11.6 Å². The smallest absolute Gasteiger partial charge is 0.153 e. The molecule has 0 aliphatic heterocycles. The van der Waals surface area contributed by atoms with Crippen LogP contribution in [0.4, 0.5) is 4.39 Å². The maximum Gasteiger partial charge on any atom is 0.153 e. The Labute approximate surface area is 98.8 Å². The van der Waals surface area contributed by atoms with E-state index in [1.807, 2.05) is 6.07 Å². The molecule has 0 aliphatic carbocycles. The molecule has 16 heavy (non-hydrogen) atoms. The number of rotatable bonds is 0. The van der Waals surface area contributed by atoms with Crippen LogP contribution in [0.15, 0.2) is 34.8 Å². The highest BCUT2D eigenvalue weighted by atomic mass is 79.9. The molecule has 1 aromatic heterocycles. The van der Waals surface area contributed by atoms with Crippen molar-refractivity contribution in [1.29, 1.82) is 0 Å². The Morgan fingerprint density at radius 3 is 2.75 bits per heavy atom. The monoisotopic (exact) mass is 279 g/mol. The average molecular weight is 280 g/mol. The number of phenols is 1. The SMILES string of the molecule is Oc1c(Br)ccc2c1[nH]c1ccc(F)cc12. The third-order valence-electron chi connectivity index (χ3n) is 2.66. The number of H-pyrrole nitrogens is 1. The number of benzene rings is 2. The fraction of sp³-hybridized carbons (Fsp3) is 0. The van der Waals surface area contributed by atoms with Crippen molar-refractivity contribution in [1.82, 2.24) is 4.98 Å². The number of fused-ring (bicyclic) bond motifs is 3. The summed E-state index contributed by atoms with van der Waals surface area (Å²) in [6, 6.07) is 8.11. The number of aromatic amines is 1. The van der Waals surface area contributed by atoms with Gasteiger partial charge < -0.3 is 10.1 Å². The first kappa shape index (κ1) is 9.66. The lowest BCUT2D eigenvalue weighted by atomic mass is 10.1. The topological polar surface area (TPSA) is 36.0 Å². The minimum atomic E-state index is -0.282. The molecule has 0 bridgehead atoms. The number of phenolic OH excluding ortho intramolecular Hbond substituents is 1. The van der Waals surface area contributed by atoms with E-state index in [1.54, 1.807) is 12.1 Å². The van der Waals surface area contributed by atoms with Gasteiger partial charge in [0.05, 0.1) is 9.99 Å². The van der Waals surface area contributed by atoms with Crippen molar-refractivity contribution in [2.24, 2.45) is 0 Å². The number of nitrogens with one attached hydrogen (secondary N) is 1. The molecule has 80 valence electrons. The van der Waals surface area contributed by atoms with Crippen LogP contribution in [0.1, 0.15) is 0 Å². The lowest BCUT2D eigenvalue weighted by Gasteiger charge is -1.97. The van der Waals surface area contributed by atoms with Gasteiger partial charge in [-0.05, 0) is 40.2 Å². The normalized spacial score (nSPS) is 11.4. The van der Waals surface area contributed by atoms with E-state index >= 15 is 0 Å². The first-order valence-electron chi connectivity index (χ1n) is 4.75. The molecular formula is C12H7BrFNO. The molecule has 0 fully saturated rings. The fourth-order valence-electron chi connectivity index (χ4n) is 1.90. The molecule has 2 nitrogen and oxygen atoms in total. The summed E-state index contributed by atoms with van der Waals surface area (Å²) >= 11 is 3.24. The molecule has 3 aromatic rings. The van der Waals surface area contributed by atoms with E-state index < -0.39 is 0 Å². The third kappa shape index (κ3) is 1.23. The summed E-state index contributed by atoms with van der Waals surface area (Å²) < 4.78 is 13.8. The predicted molar refractivity (Wildman–Crippen MR) is 65.1 cm³/mol. The number of hydrogen-bond donors (Lipinski definition) is 2. The highest BCUT2D eigenvalue weighted by Crippen LogP contribution is 2.36. The quantitative estimate of drug-likeness (QED) is 0.643. The number of halogens is 2. The van der Waals surface area contributed by atoms with E-state index in [4.69, 9.17) is 0 Å². The molecule has 2 N–H and O–H groups in total. The molecule has 0 spiro atoms. The molecule has 2 aromatic carbocycles. The molecule has 0 atom stereocenters. The molecule has 4 heteroatoms. The van der Waals surface area contributed by atoms with Gasteiger partial charge >= 0.3 is 0 Å². The van der Waals surface area contributed by atoms with Crippen LogP contribution in [0.2, 0.25) is 0 Å². The zero-order valence-corrected chi connectivity index (χ0v) is 9.68. The number of aromatic hydroxyl groups is 1. The van der Waals surface area contributed by atoms with Crippen LogP contribution in [0.25, 0.3) is 21.8 Å². The highest BCUT2D eigenvalue weighted by molar-refractivity contribution is 9.10. The van der Waals surface area contributed by atoms with Gasteiger partial charge in [-0.25, -0.2) is 4.39 Å². The van der Waals surface area contributed by atoms with E-state index in [0.29, 0.717) is 9.99 Å². The second-order valence-corrected chi connectivity index (χ2v) is 4.49. The van der Waals surface area contributed by atoms with Gasteiger partial charge in [0.25, 0.3) is 0 Å². The molecular weight excluding hydrogens is 273 g/mol. The van der Waals surface area contributed by atoms with E-state index in [0.717, 1.165) is 16.3 Å². The lowest BCUT2D eigenvalue weighted by molar-refractivity contribution is 0.477. The molecule has 0 saturated carbocycles. The van der Waals surface area contributed by atoms with Crippen LogP contribution in [0.3, 0.4) is 0 Å². The van der Waals surface area contributed by atoms with Crippen LogP contribution < -0.4 is 0 Å². The maximum absolute atomic E-state index is 13.1. The highest BCUT2D eigenvalue weighted by Gasteiger charge is 2.10.